The van der Waals surface area contributed by atoms with Crippen LogP contribution in [0.15, 0.2) is 66.2 Å². The number of hydrogen-bond acceptors (Lipinski definition) is 5. The predicted molar refractivity (Wildman–Crippen MR) is 143 cm³/mol. The van der Waals surface area contributed by atoms with E-state index in [0.29, 0.717) is 23.5 Å². The molecule has 1 saturated heterocycles. The SMILES string of the molecule is CCOc1ccc(/C(O)=C2\C(=O)C(=O)N(c3ccc(F)c(F)c3)C2c2ccc(N(CC)CC)cc2)cc1C. The minimum Gasteiger partial charge on any atom is -0.507 e. The zero-order chi connectivity index (χ0) is 27.6. The largest absolute Gasteiger partial charge is 0.507 e. The number of carbonyl (C=O) groups is 2. The molecule has 6 nitrogen and oxygen atoms in total. The third-order valence-electron chi connectivity index (χ3n) is 6.71. The van der Waals surface area contributed by atoms with Gasteiger partial charge in [-0.3, -0.25) is 14.5 Å². The van der Waals surface area contributed by atoms with E-state index in [1.165, 1.54) is 6.07 Å². The topological polar surface area (TPSA) is 70.1 Å². The molecule has 3 aromatic carbocycles. The normalized spacial score (nSPS) is 16.7. The van der Waals surface area contributed by atoms with E-state index in [0.717, 1.165) is 41.4 Å². The Morgan fingerprint density at radius 3 is 2.21 bits per heavy atom. The van der Waals surface area contributed by atoms with E-state index >= 15 is 0 Å². The summed E-state index contributed by atoms with van der Waals surface area (Å²) in [6, 6.07) is 14.2. The van der Waals surface area contributed by atoms with E-state index < -0.39 is 29.4 Å². The average molecular weight is 521 g/mol. The highest BCUT2D eigenvalue weighted by molar-refractivity contribution is 6.51. The molecule has 1 heterocycles. The van der Waals surface area contributed by atoms with Crippen molar-refractivity contribution in [3.05, 3.63) is 94.6 Å². The summed E-state index contributed by atoms with van der Waals surface area (Å²) < 4.78 is 33.5. The second-order valence-corrected chi connectivity index (χ2v) is 8.94. The molecule has 1 N–H and O–H groups in total. The number of aliphatic hydroxyl groups excluding tert-OH is 1. The molecule has 38 heavy (non-hydrogen) atoms. The smallest absolute Gasteiger partial charge is 0.300 e. The van der Waals surface area contributed by atoms with Crippen LogP contribution in [0.3, 0.4) is 0 Å². The van der Waals surface area contributed by atoms with Gasteiger partial charge in [-0.1, -0.05) is 12.1 Å². The summed E-state index contributed by atoms with van der Waals surface area (Å²) in [6.45, 7) is 9.79. The van der Waals surface area contributed by atoms with Crippen LogP contribution in [0.4, 0.5) is 20.2 Å². The van der Waals surface area contributed by atoms with Crippen molar-refractivity contribution in [3.8, 4) is 5.75 Å². The molecule has 8 heteroatoms. The summed E-state index contributed by atoms with van der Waals surface area (Å²) in [5.41, 5.74) is 2.43. The molecule has 0 bridgehead atoms. The number of nitrogens with zero attached hydrogens (tertiary/aromatic N) is 2. The van der Waals surface area contributed by atoms with Crippen molar-refractivity contribution in [3.63, 3.8) is 0 Å². The molecule has 1 amide bonds. The fourth-order valence-electron chi connectivity index (χ4n) is 4.77. The van der Waals surface area contributed by atoms with Crippen molar-refractivity contribution in [1.82, 2.24) is 0 Å². The standard InChI is InChI=1S/C30H30F2N2O4/c1-5-33(6-2)21-11-8-19(9-12-21)27-26(28(35)20-10-15-25(38-7-3)18(4)16-20)29(36)30(37)34(27)22-13-14-23(31)24(32)17-22/h8-17,27,35H,5-7H2,1-4H3/b28-26+. The quantitative estimate of drug-likeness (QED) is 0.219. The Balaban J connectivity index is 1.90. The molecular weight excluding hydrogens is 490 g/mol. The minimum atomic E-state index is -1.15. The summed E-state index contributed by atoms with van der Waals surface area (Å²) in [5.74, 6) is -3.82. The van der Waals surface area contributed by atoms with Crippen molar-refractivity contribution in [1.29, 1.82) is 0 Å². The molecule has 1 fully saturated rings. The minimum absolute atomic E-state index is 0.00532. The molecule has 1 aliphatic rings. The highest BCUT2D eigenvalue weighted by Gasteiger charge is 2.47. The monoisotopic (exact) mass is 520 g/mol. The Labute approximate surface area is 220 Å². The van der Waals surface area contributed by atoms with Crippen LogP contribution in [0.2, 0.25) is 0 Å². The summed E-state index contributed by atoms with van der Waals surface area (Å²) in [4.78, 5) is 29.9. The van der Waals surface area contributed by atoms with Gasteiger partial charge < -0.3 is 14.7 Å². The lowest BCUT2D eigenvalue weighted by Crippen LogP contribution is -2.29. The van der Waals surface area contributed by atoms with Gasteiger partial charge in [0.25, 0.3) is 11.7 Å². The highest BCUT2D eigenvalue weighted by atomic mass is 19.2. The van der Waals surface area contributed by atoms with Gasteiger partial charge in [-0.05, 0) is 81.3 Å². The van der Waals surface area contributed by atoms with Crippen LogP contribution in [0.5, 0.6) is 5.75 Å². The molecule has 198 valence electrons. The molecule has 0 saturated carbocycles. The van der Waals surface area contributed by atoms with Crippen molar-refractivity contribution >= 4 is 28.8 Å². The predicted octanol–water partition coefficient (Wildman–Crippen LogP) is 6.14. The maximum atomic E-state index is 14.2. The van der Waals surface area contributed by atoms with Gasteiger partial charge in [0, 0.05) is 36.1 Å². The first-order valence-electron chi connectivity index (χ1n) is 12.6. The van der Waals surface area contributed by atoms with E-state index in [2.05, 4.69) is 4.90 Å². The van der Waals surface area contributed by atoms with E-state index in [1.807, 2.05) is 39.8 Å². The number of carbonyl (C=O) groups excluding carboxylic acids is 2. The first-order chi connectivity index (χ1) is 18.2. The Hall–Kier alpha value is -4.20. The van der Waals surface area contributed by atoms with Crippen LogP contribution < -0.4 is 14.5 Å². The number of rotatable bonds is 8. The number of amides is 1. The fourth-order valence-corrected chi connectivity index (χ4v) is 4.77. The molecule has 1 aliphatic heterocycles. The molecule has 0 aromatic heterocycles. The number of benzene rings is 3. The van der Waals surface area contributed by atoms with Gasteiger partial charge in [-0.25, -0.2) is 8.78 Å². The molecule has 4 rings (SSSR count). The first kappa shape index (κ1) is 26.9. The Kier molecular flexibility index (Phi) is 7.80. The van der Waals surface area contributed by atoms with Crippen LogP contribution in [0.25, 0.3) is 5.76 Å². The van der Waals surface area contributed by atoms with Gasteiger partial charge in [0.05, 0.1) is 18.2 Å². The molecule has 0 spiro atoms. The number of aliphatic hydroxyl groups is 1. The van der Waals surface area contributed by atoms with Crippen molar-refractivity contribution in [2.45, 2.75) is 33.7 Å². The number of aryl methyl sites for hydroxylation is 1. The summed E-state index contributed by atoms with van der Waals surface area (Å²) in [6.07, 6.45) is 0. The van der Waals surface area contributed by atoms with Gasteiger partial charge in [0.2, 0.25) is 0 Å². The van der Waals surface area contributed by atoms with Crippen molar-refractivity contribution in [2.24, 2.45) is 0 Å². The van der Waals surface area contributed by atoms with E-state index in [1.54, 1.807) is 30.3 Å². The number of halogens is 2. The Morgan fingerprint density at radius 1 is 0.947 bits per heavy atom. The van der Waals surface area contributed by atoms with Crippen LogP contribution >= 0.6 is 0 Å². The summed E-state index contributed by atoms with van der Waals surface area (Å²) >= 11 is 0. The summed E-state index contributed by atoms with van der Waals surface area (Å²) in [5, 5.41) is 11.4. The summed E-state index contributed by atoms with van der Waals surface area (Å²) in [7, 11) is 0. The maximum Gasteiger partial charge on any atom is 0.300 e. The molecular formula is C30H30F2N2O4. The van der Waals surface area contributed by atoms with Crippen LogP contribution in [-0.2, 0) is 9.59 Å². The second-order valence-electron chi connectivity index (χ2n) is 8.94. The lowest BCUT2D eigenvalue weighted by Gasteiger charge is -2.27. The second kappa shape index (κ2) is 11.0. The van der Waals surface area contributed by atoms with E-state index in [9.17, 15) is 23.5 Å². The number of anilines is 2. The van der Waals surface area contributed by atoms with Gasteiger partial charge in [0.1, 0.15) is 11.5 Å². The lowest BCUT2D eigenvalue weighted by molar-refractivity contribution is -0.132. The molecule has 1 atom stereocenters. The maximum absolute atomic E-state index is 14.2. The Morgan fingerprint density at radius 2 is 1.63 bits per heavy atom. The molecule has 0 aliphatic carbocycles. The number of hydrogen-bond donors (Lipinski definition) is 1. The molecule has 1 unspecified atom stereocenters. The Bertz CT molecular complexity index is 1400. The third kappa shape index (κ3) is 4.86. The van der Waals surface area contributed by atoms with Crippen molar-refractivity contribution < 1.29 is 28.2 Å². The van der Waals surface area contributed by atoms with E-state index in [-0.39, 0.29) is 17.0 Å². The number of ketones is 1. The van der Waals surface area contributed by atoms with Gasteiger partial charge in [-0.15, -0.1) is 0 Å². The zero-order valence-corrected chi connectivity index (χ0v) is 21.8. The average Bonchev–Trinajstić information content (AvgIpc) is 3.18. The lowest BCUT2D eigenvalue weighted by atomic mass is 9.94. The van der Waals surface area contributed by atoms with Gasteiger partial charge >= 0.3 is 0 Å². The fraction of sp³-hybridized carbons (Fsp3) is 0.267. The number of ether oxygens (including phenoxy) is 1. The third-order valence-corrected chi connectivity index (χ3v) is 6.71. The van der Waals surface area contributed by atoms with E-state index in [4.69, 9.17) is 4.74 Å². The molecule has 0 radical (unpaired) electrons. The molecule has 3 aromatic rings. The van der Waals surface area contributed by atoms with Crippen LogP contribution in [0.1, 0.15) is 43.5 Å². The highest BCUT2D eigenvalue weighted by Crippen LogP contribution is 2.43. The van der Waals surface area contributed by atoms with Crippen LogP contribution in [0, 0.1) is 18.6 Å². The van der Waals surface area contributed by atoms with Crippen LogP contribution in [-0.4, -0.2) is 36.5 Å². The van der Waals surface area contributed by atoms with Gasteiger partial charge in [0.15, 0.2) is 11.6 Å². The van der Waals surface area contributed by atoms with Crippen molar-refractivity contribution in [2.75, 3.05) is 29.5 Å². The first-order valence-corrected chi connectivity index (χ1v) is 12.6. The van der Waals surface area contributed by atoms with Gasteiger partial charge in [-0.2, -0.15) is 0 Å². The number of Topliss-reactive ketones (excluding diaryl/α,β-unsaturated/α-hetero) is 1. The zero-order valence-electron chi connectivity index (χ0n) is 21.8.